The Kier molecular flexibility index (Phi) is 3.31. The van der Waals surface area contributed by atoms with Crippen molar-refractivity contribution in [1.82, 2.24) is 15.1 Å². The number of carbonyl (C=O) groups excluding carboxylic acids is 2. The molecule has 3 amide bonds. The highest BCUT2D eigenvalue weighted by Crippen LogP contribution is 2.26. The second kappa shape index (κ2) is 5.28. The molecule has 21 heavy (non-hydrogen) atoms. The van der Waals surface area contributed by atoms with E-state index in [4.69, 9.17) is 0 Å². The van der Waals surface area contributed by atoms with Gasteiger partial charge in [0.1, 0.15) is 5.82 Å². The summed E-state index contributed by atoms with van der Waals surface area (Å²) < 4.78 is 1.71. The lowest BCUT2D eigenvalue weighted by atomic mass is 10.2. The van der Waals surface area contributed by atoms with E-state index in [9.17, 15) is 9.59 Å². The lowest BCUT2D eigenvalue weighted by Crippen LogP contribution is -2.29. The summed E-state index contributed by atoms with van der Waals surface area (Å²) in [6, 6.07) is 10.5. The topological polar surface area (TPSA) is 79.3 Å². The first kappa shape index (κ1) is 13.2. The van der Waals surface area contributed by atoms with Crippen molar-refractivity contribution in [3.05, 3.63) is 42.0 Å². The van der Waals surface area contributed by atoms with Gasteiger partial charge < -0.3 is 5.32 Å². The van der Waals surface area contributed by atoms with Gasteiger partial charge in [0.15, 0.2) is 5.82 Å². The summed E-state index contributed by atoms with van der Waals surface area (Å²) >= 11 is 0. The predicted molar refractivity (Wildman–Crippen MR) is 78.4 cm³/mol. The number of nitrogens with zero attached hydrogens (tertiary/aromatic N) is 3. The van der Waals surface area contributed by atoms with E-state index in [0.717, 1.165) is 0 Å². The lowest BCUT2D eigenvalue weighted by molar-refractivity contribution is 0.0989. The smallest absolute Gasteiger partial charge is 0.320 e. The molecule has 0 spiro atoms. The number of amides is 3. The Morgan fingerprint density at radius 3 is 2.67 bits per heavy atom. The van der Waals surface area contributed by atoms with Gasteiger partial charge >= 0.3 is 6.03 Å². The number of fused-ring (bicyclic) bond motifs is 1. The minimum Gasteiger partial charge on any atom is -0.341 e. The molecule has 1 aromatic carbocycles. The second-order valence-corrected chi connectivity index (χ2v) is 4.64. The van der Waals surface area contributed by atoms with E-state index in [1.807, 2.05) is 18.2 Å². The van der Waals surface area contributed by atoms with Crippen molar-refractivity contribution < 1.29 is 9.59 Å². The Hall–Kier alpha value is -2.83. The summed E-state index contributed by atoms with van der Waals surface area (Å²) in [6.45, 7) is 1.19. The summed E-state index contributed by atoms with van der Waals surface area (Å²) in [5.74, 6) is 1.05. The number of benzene rings is 1. The van der Waals surface area contributed by atoms with Crippen molar-refractivity contribution in [2.75, 3.05) is 23.8 Å². The molecular weight excluding hydrogens is 270 g/mol. The molecular formula is C14H15N5O2. The molecule has 1 aromatic heterocycles. The fourth-order valence-corrected chi connectivity index (χ4v) is 2.28. The van der Waals surface area contributed by atoms with Gasteiger partial charge in [0.05, 0.1) is 6.54 Å². The van der Waals surface area contributed by atoms with Crippen LogP contribution in [0.3, 0.4) is 0 Å². The zero-order valence-corrected chi connectivity index (χ0v) is 11.5. The first-order valence-corrected chi connectivity index (χ1v) is 6.62. The maximum atomic E-state index is 12.5. The first-order valence-electron chi connectivity index (χ1n) is 6.62. The largest absolute Gasteiger partial charge is 0.341 e. The molecule has 0 unspecified atom stereocenters. The molecule has 1 aliphatic heterocycles. The van der Waals surface area contributed by atoms with Crippen molar-refractivity contribution in [3.63, 3.8) is 0 Å². The van der Waals surface area contributed by atoms with Gasteiger partial charge in [-0.1, -0.05) is 18.2 Å². The summed E-state index contributed by atoms with van der Waals surface area (Å²) in [4.78, 5) is 25.4. The van der Waals surface area contributed by atoms with Crippen molar-refractivity contribution in [1.29, 1.82) is 0 Å². The molecule has 0 saturated carbocycles. The van der Waals surface area contributed by atoms with Gasteiger partial charge in [0, 0.05) is 25.2 Å². The fraction of sp³-hybridized carbons (Fsp3) is 0.214. The first-order chi connectivity index (χ1) is 10.2. The van der Waals surface area contributed by atoms with E-state index in [1.165, 1.54) is 7.05 Å². The summed E-state index contributed by atoms with van der Waals surface area (Å²) in [7, 11) is 1.53. The van der Waals surface area contributed by atoms with Gasteiger partial charge in [0.2, 0.25) is 0 Å². The molecule has 0 fully saturated rings. The van der Waals surface area contributed by atoms with Gasteiger partial charge in [0.25, 0.3) is 5.91 Å². The number of nitrogens with one attached hydrogen (secondary N) is 2. The van der Waals surface area contributed by atoms with Crippen LogP contribution in [0.2, 0.25) is 0 Å². The van der Waals surface area contributed by atoms with Crippen molar-refractivity contribution >= 4 is 23.6 Å². The van der Waals surface area contributed by atoms with Crippen molar-refractivity contribution in [2.45, 2.75) is 6.54 Å². The van der Waals surface area contributed by atoms with Gasteiger partial charge in [-0.25, -0.2) is 9.48 Å². The molecule has 0 atom stereocenters. The summed E-state index contributed by atoms with van der Waals surface area (Å²) in [6.07, 6.45) is 0. The number of anilines is 2. The SMILES string of the molecule is CNC(=O)Nc1cc2n(n1)CCN2C(=O)c1ccccc1. The van der Waals surface area contributed by atoms with E-state index in [2.05, 4.69) is 15.7 Å². The Morgan fingerprint density at radius 1 is 1.19 bits per heavy atom. The molecule has 2 N–H and O–H groups in total. The minimum atomic E-state index is -0.340. The molecule has 0 aliphatic carbocycles. The number of aromatic nitrogens is 2. The van der Waals surface area contributed by atoms with Crippen LogP contribution in [-0.4, -0.2) is 35.3 Å². The van der Waals surface area contributed by atoms with Gasteiger partial charge in [-0.3, -0.25) is 15.0 Å². The molecule has 1 aliphatic rings. The molecule has 108 valence electrons. The van der Waals surface area contributed by atoms with E-state index < -0.39 is 0 Å². The van der Waals surface area contributed by atoms with Crippen LogP contribution < -0.4 is 15.5 Å². The van der Waals surface area contributed by atoms with E-state index in [-0.39, 0.29) is 11.9 Å². The highest BCUT2D eigenvalue weighted by molar-refractivity contribution is 6.06. The third kappa shape index (κ3) is 2.45. The summed E-state index contributed by atoms with van der Waals surface area (Å²) in [5.41, 5.74) is 0.632. The number of hydrogen-bond acceptors (Lipinski definition) is 3. The fourth-order valence-electron chi connectivity index (χ4n) is 2.28. The zero-order chi connectivity index (χ0) is 14.8. The molecule has 3 rings (SSSR count). The Morgan fingerprint density at radius 2 is 1.95 bits per heavy atom. The highest BCUT2D eigenvalue weighted by Gasteiger charge is 2.27. The van der Waals surface area contributed by atoms with Crippen LogP contribution in [0.1, 0.15) is 10.4 Å². The Balaban J connectivity index is 1.83. The zero-order valence-electron chi connectivity index (χ0n) is 11.5. The van der Waals surface area contributed by atoms with Crippen molar-refractivity contribution in [3.8, 4) is 0 Å². The van der Waals surface area contributed by atoms with E-state index >= 15 is 0 Å². The Bertz CT molecular complexity index is 680. The predicted octanol–water partition coefficient (Wildman–Crippen LogP) is 1.29. The van der Waals surface area contributed by atoms with Crippen LogP contribution in [0.25, 0.3) is 0 Å². The van der Waals surface area contributed by atoms with E-state index in [1.54, 1.807) is 27.8 Å². The standard InChI is InChI=1S/C14H15N5O2/c1-15-14(21)16-11-9-12-18(7-8-19(12)17-11)13(20)10-5-3-2-4-6-10/h2-6,9H,7-8H2,1H3,(H2,15,16,17,21). The van der Waals surface area contributed by atoms with Crippen LogP contribution in [0, 0.1) is 0 Å². The molecule has 2 aromatic rings. The molecule has 7 heteroatoms. The third-order valence-corrected chi connectivity index (χ3v) is 3.31. The maximum absolute atomic E-state index is 12.5. The summed E-state index contributed by atoms with van der Waals surface area (Å²) in [5, 5.41) is 9.31. The number of rotatable bonds is 2. The molecule has 0 radical (unpaired) electrons. The average molecular weight is 285 g/mol. The lowest BCUT2D eigenvalue weighted by Gasteiger charge is -2.14. The molecule has 0 bridgehead atoms. The third-order valence-electron chi connectivity index (χ3n) is 3.31. The van der Waals surface area contributed by atoms with Crippen LogP contribution in [0.5, 0.6) is 0 Å². The second-order valence-electron chi connectivity index (χ2n) is 4.64. The van der Waals surface area contributed by atoms with Crippen LogP contribution in [0.4, 0.5) is 16.4 Å². The quantitative estimate of drug-likeness (QED) is 0.872. The van der Waals surface area contributed by atoms with Crippen LogP contribution in [0.15, 0.2) is 36.4 Å². The van der Waals surface area contributed by atoms with Crippen LogP contribution >= 0.6 is 0 Å². The van der Waals surface area contributed by atoms with Gasteiger partial charge in [-0.15, -0.1) is 0 Å². The monoisotopic (exact) mass is 285 g/mol. The molecule has 7 nitrogen and oxygen atoms in total. The van der Waals surface area contributed by atoms with Crippen molar-refractivity contribution in [2.24, 2.45) is 0 Å². The number of hydrogen-bond donors (Lipinski definition) is 2. The Labute approximate surface area is 121 Å². The van der Waals surface area contributed by atoms with E-state index in [0.29, 0.717) is 30.3 Å². The normalized spacial score (nSPS) is 12.9. The number of urea groups is 1. The number of carbonyl (C=O) groups is 2. The average Bonchev–Trinajstić information content (AvgIpc) is 3.07. The van der Waals surface area contributed by atoms with Crippen LogP contribution in [-0.2, 0) is 6.54 Å². The minimum absolute atomic E-state index is 0.0688. The maximum Gasteiger partial charge on any atom is 0.320 e. The van der Waals surface area contributed by atoms with Gasteiger partial charge in [-0.2, -0.15) is 5.10 Å². The van der Waals surface area contributed by atoms with Gasteiger partial charge in [-0.05, 0) is 12.1 Å². The molecule has 0 saturated heterocycles. The molecule has 2 heterocycles. The highest BCUT2D eigenvalue weighted by atomic mass is 16.2.